The fraction of sp³-hybridized carbons (Fsp3) is 0.227. The van der Waals surface area contributed by atoms with E-state index in [4.69, 9.17) is 4.74 Å². The van der Waals surface area contributed by atoms with Gasteiger partial charge in [-0.3, -0.25) is 4.79 Å². The standard InChI is InChI=1S/C22H22N2O3/c1-3-15-9-7-10-16(4-2)21(15)24-20(25)14-27-22(26)19-13-12-17-8-5-6-11-18(17)23-19/h5-13H,3-4,14H2,1-2H3,(H,24,25). The van der Waals surface area contributed by atoms with Gasteiger partial charge in [-0.1, -0.05) is 56.3 Å². The number of pyridine rings is 1. The Morgan fingerprint density at radius 2 is 1.63 bits per heavy atom. The van der Waals surface area contributed by atoms with Crippen LogP contribution in [0.2, 0.25) is 0 Å². The first-order valence-electron chi connectivity index (χ1n) is 9.06. The molecule has 0 saturated carbocycles. The second-order valence-electron chi connectivity index (χ2n) is 6.17. The maximum Gasteiger partial charge on any atom is 0.357 e. The zero-order chi connectivity index (χ0) is 19.2. The molecule has 0 atom stereocenters. The summed E-state index contributed by atoms with van der Waals surface area (Å²) in [5.74, 6) is -0.977. The first-order chi connectivity index (χ1) is 13.1. The Hall–Kier alpha value is -3.21. The highest BCUT2D eigenvalue weighted by molar-refractivity contribution is 5.96. The molecule has 0 spiro atoms. The molecule has 2 aromatic carbocycles. The number of rotatable bonds is 6. The van der Waals surface area contributed by atoms with Gasteiger partial charge in [-0.05, 0) is 36.1 Å². The zero-order valence-electron chi connectivity index (χ0n) is 15.5. The summed E-state index contributed by atoms with van der Waals surface area (Å²) in [6, 6.07) is 16.9. The van der Waals surface area contributed by atoms with Crippen LogP contribution >= 0.6 is 0 Å². The SMILES string of the molecule is CCc1cccc(CC)c1NC(=O)COC(=O)c1ccc2ccccc2n1. The summed E-state index contributed by atoms with van der Waals surface area (Å²) in [4.78, 5) is 28.8. The lowest BCUT2D eigenvalue weighted by molar-refractivity contribution is -0.119. The molecule has 27 heavy (non-hydrogen) atoms. The van der Waals surface area contributed by atoms with Crippen LogP contribution in [-0.2, 0) is 22.4 Å². The van der Waals surface area contributed by atoms with Crippen molar-refractivity contribution < 1.29 is 14.3 Å². The number of carbonyl (C=O) groups excluding carboxylic acids is 2. The summed E-state index contributed by atoms with van der Waals surface area (Å²) in [6.07, 6.45) is 1.62. The fourth-order valence-corrected chi connectivity index (χ4v) is 2.96. The average Bonchev–Trinajstić information content (AvgIpc) is 2.71. The van der Waals surface area contributed by atoms with E-state index in [0.717, 1.165) is 35.0 Å². The third-order valence-electron chi connectivity index (χ3n) is 4.41. The lowest BCUT2D eigenvalue weighted by Gasteiger charge is -2.14. The molecule has 1 N–H and O–H groups in total. The van der Waals surface area contributed by atoms with E-state index in [9.17, 15) is 9.59 Å². The number of nitrogens with zero attached hydrogens (tertiary/aromatic N) is 1. The highest BCUT2D eigenvalue weighted by Crippen LogP contribution is 2.22. The van der Waals surface area contributed by atoms with E-state index in [0.29, 0.717) is 5.52 Å². The van der Waals surface area contributed by atoms with Gasteiger partial charge in [0.25, 0.3) is 5.91 Å². The van der Waals surface area contributed by atoms with Gasteiger partial charge < -0.3 is 10.1 Å². The van der Waals surface area contributed by atoms with E-state index in [1.54, 1.807) is 6.07 Å². The smallest absolute Gasteiger partial charge is 0.357 e. The van der Waals surface area contributed by atoms with Crippen LogP contribution in [0.15, 0.2) is 54.6 Å². The van der Waals surface area contributed by atoms with Crippen LogP contribution in [0.1, 0.15) is 35.5 Å². The summed E-state index contributed by atoms with van der Waals surface area (Å²) in [5.41, 5.74) is 3.83. The maximum atomic E-state index is 12.3. The molecule has 0 aliphatic heterocycles. The van der Waals surface area contributed by atoms with Crippen molar-refractivity contribution >= 4 is 28.5 Å². The van der Waals surface area contributed by atoms with Crippen molar-refractivity contribution in [1.29, 1.82) is 0 Å². The highest BCUT2D eigenvalue weighted by Gasteiger charge is 2.14. The van der Waals surface area contributed by atoms with Crippen LogP contribution in [0, 0.1) is 0 Å². The number of para-hydroxylation sites is 2. The number of benzene rings is 2. The molecule has 0 aliphatic carbocycles. The number of aryl methyl sites for hydroxylation is 2. The first-order valence-corrected chi connectivity index (χ1v) is 9.06. The molecule has 0 saturated heterocycles. The number of hydrogen-bond acceptors (Lipinski definition) is 4. The second kappa shape index (κ2) is 8.45. The Kier molecular flexibility index (Phi) is 5.81. The van der Waals surface area contributed by atoms with Crippen LogP contribution in [0.4, 0.5) is 5.69 Å². The van der Waals surface area contributed by atoms with E-state index >= 15 is 0 Å². The number of esters is 1. The van der Waals surface area contributed by atoms with Crippen molar-refractivity contribution in [3.63, 3.8) is 0 Å². The Bertz CT molecular complexity index is 960. The molecule has 138 valence electrons. The number of aromatic nitrogens is 1. The Labute approximate surface area is 158 Å². The minimum absolute atomic E-state index is 0.185. The van der Waals surface area contributed by atoms with E-state index in [2.05, 4.69) is 10.3 Å². The minimum Gasteiger partial charge on any atom is -0.451 e. The summed E-state index contributed by atoms with van der Waals surface area (Å²) in [7, 11) is 0. The number of fused-ring (bicyclic) bond motifs is 1. The summed E-state index contributed by atoms with van der Waals surface area (Å²) < 4.78 is 5.14. The first kappa shape index (κ1) is 18.6. The lowest BCUT2D eigenvalue weighted by Crippen LogP contribution is -2.22. The number of carbonyl (C=O) groups is 2. The number of ether oxygens (including phenoxy) is 1. The van der Waals surface area contributed by atoms with Crippen LogP contribution in [0.3, 0.4) is 0 Å². The van der Waals surface area contributed by atoms with Gasteiger partial charge in [0.2, 0.25) is 0 Å². The summed E-state index contributed by atoms with van der Waals surface area (Å²) in [5, 5.41) is 3.82. The minimum atomic E-state index is -0.615. The third kappa shape index (κ3) is 4.31. The van der Waals surface area contributed by atoms with Crippen molar-refractivity contribution in [2.45, 2.75) is 26.7 Å². The van der Waals surface area contributed by atoms with Crippen LogP contribution < -0.4 is 5.32 Å². The van der Waals surface area contributed by atoms with Gasteiger partial charge in [0.05, 0.1) is 5.52 Å². The van der Waals surface area contributed by atoms with Gasteiger partial charge in [0.15, 0.2) is 6.61 Å². The zero-order valence-corrected chi connectivity index (χ0v) is 15.5. The van der Waals surface area contributed by atoms with Gasteiger partial charge in [-0.2, -0.15) is 0 Å². The molecule has 0 aliphatic rings. The van der Waals surface area contributed by atoms with Gasteiger partial charge in [0.1, 0.15) is 5.69 Å². The van der Waals surface area contributed by atoms with Crippen molar-refractivity contribution in [3.05, 3.63) is 71.4 Å². The Morgan fingerprint density at radius 3 is 2.33 bits per heavy atom. The number of nitrogens with one attached hydrogen (secondary N) is 1. The topological polar surface area (TPSA) is 68.3 Å². The van der Waals surface area contributed by atoms with Crippen molar-refractivity contribution in [3.8, 4) is 0 Å². The van der Waals surface area contributed by atoms with Gasteiger partial charge in [-0.15, -0.1) is 0 Å². The number of anilines is 1. The second-order valence-corrected chi connectivity index (χ2v) is 6.17. The van der Waals surface area contributed by atoms with Crippen molar-refractivity contribution in [2.24, 2.45) is 0 Å². The molecule has 1 amide bonds. The fourth-order valence-electron chi connectivity index (χ4n) is 2.96. The molecule has 5 nitrogen and oxygen atoms in total. The monoisotopic (exact) mass is 362 g/mol. The molecule has 1 aromatic heterocycles. The molecule has 0 unspecified atom stereocenters. The van der Waals surface area contributed by atoms with Crippen LogP contribution in [-0.4, -0.2) is 23.5 Å². The maximum absolute atomic E-state index is 12.3. The van der Waals surface area contributed by atoms with Gasteiger partial charge >= 0.3 is 5.97 Å². The molecule has 0 radical (unpaired) electrons. The molecular formula is C22H22N2O3. The van der Waals surface area contributed by atoms with E-state index in [1.165, 1.54) is 0 Å². The average molecular weight is 362 g/mol. The van der Waals surface area contributed by atoms with E-state index < -0.39 is 5.97 Å². The number of amides is 1. The normalized spacial score (nSPS) is 10.6. The third-order valence-corrected chi connectivity index (χ3v) is 4.41. The molecule has 0 fully saturated rings. The lowest BCUT2D eigenvalue weighted by atomic mass is 10.0. The quantitative estimate of drug-likeness (QED) is 0.669. The highest BCUT2D eigenvalue weighted by atomic mass is 16.5. The Balaban J connectivity index is 1.66. The van der Waals surface area contributed by atoms with Crippen LogP contribution in [0.5, 0.6) is 0 Å². The van der Waals surface area contributed by atoms with Gasteiger partial charge in [-0.25, -0.2) is 9.78 Å². The van der Waals surface area contributed by atoms with E-state index in [-0.39, 0.29) is 18.2 Å². The molecule has 3 rings (SSSR count). The molecule has 1 heterocycles. The van der Waals surface area contributed by atoms with Gasteiger partial charge in [0, 0.05) is 11.1 Å². The van der Waals surface area contributed by atoms with Crippen LogP contribution in [0.25, 0.3) is 10.9 Å². The predicted molar refractivity (Wildman–Crippen MR) is 106 cm³/mol. The molecule has 0 bridgehead atoms. The number of hydrogen-bond donors (Lipinski definition) is 1. The molecule has 3 aromatic rings. The van der Waals surface area contributed by atoms with Crippen molar-refractivity contribution in [1.82, 2.24) is 4.98 Å². The molecule has 5 heteroatoms. The largest absolute Gasteiger partial charge is 0.451 e. The Morgan fingerprint density at radius 1 is 0.926 bits per heavy atom. The predicted octanol–water partition coefficient (Wildman–Crippen LogP) is 4.16. The van der Waals surface area contributed by atoms with Crippen molar-refractivity contribution in [2.75, 3.05) is 11.9 Å². The summed E-state index contributed by atoms with van der Waals surface area (Å²) in [6.45, 7) is 3.72. The van der Waals surface area contributed by atoms with E-state index in [1.807, 2.05) is 62.4 Å². The summed E-state index contributed by atoms with van der Waals surface area (Å²) >= 11 is 0. The molecular weight excluding hydrogens is 340 g/mol.